The molecule has 1 N–H and O–H groups in total. The Bertz CT molecular complexity index is 710. The van der Waals surface area contributed by atoms with Crippen LogP contribution < -0.4 is 5.32 Å². The molecular weight excluding hydrogens is 328 g/mol. The molecule has 0 saturated carbocycles. The van der Waals surface area contributed by atoms with Crippen LogP contribution in [0.15, 0.2) is 36.5 Å². The second kappa shape index (κ2) is 7.65. The van der Waals surface area contributed by atoms with Gasteiger partial charge in [0, 0.05) is 18.0 Å². The summed E-state index contributed by atoms with van der Waals surface area (Å²) in [6.45, 7) is 2.87. The van der Waals surface area contributed by atoms with Gasteiger partial charge in [0.05, 0.1) is 19.4 Å². The number of aromatic nitrogens is 1. The van der Waals surface area contributed by atoms with E-state index in [9.17, 15) is 9.59 Å². The lowest BCUT2D eigenvalue weighted by molar-refractivity contribution is -0.0442. The second-order valence-electron chi connectivity index (χ2n) is 5.50. The standard InChI is InChI=1S/C17H18N2O4S/c1-11(9-13(20)12-5-3-2-4-6-12)19-15(21)14-10-18-16(24-14)17-22-7-8-23-17/h2-6,10-11,17H,7-9H2,1H3,(H,19,21)/t11-/m0/s1. The number of nitrogens with one attached hydrogen (secondary N) is 1. The van der Waals surface area contributed by atoms with Crippen molar-refractivity contribution in [3.05, 3.63) is 52.0 Å². The van der Waals surface area contributed by atoms with Crippen LogP contribution in [0.1, 0.15) is 44.7 Å². The Morgan fingerprint density at radius 2 is 2.00 bits per heavy atom. The van der Waals surface area contributed by atoms with Crippen LogP contribution in [0.4, 0.5) is 0 Å². The van der Waals surface area contributed by atoms with Gasteiger partial charge in [0.2, 0.25) is 6.29 Å². The molecule has 24 heavy (non-hydrogen) atoms. The third kappa shape index (κ3) is 4.05. The average Bonchev–Trinajstić information content (AvgIpc) is 3.26. The molecule has 0 radical (unpaired) electrons. The Morgan fingerprint density at radius 3 is 2.71 bits per heavy atom. The molecule has 0 bridgehead atoms. The number of hydrogen-bond acceptors (Lipinski definition) is 6. The van der Waals surface area contributed by atoms with Crippen molar-refractivity contribution in [3.8, 4) is 0 Å². The summed E-state index contributed by atoms with van der Waals surface area (Å²) in [5.41, 5.74) is 0.647. The summed E-state index contributed by atoms with van der Waals surface area (Å²) < 4.78 is 10.7. The number of thiazole rings is 1. The molecule has 1 aromatic carbocycles. The van der Waals surface area contributed by atoms with Gasteiger partial charge >= 0.3 is 0 Å². The van der Waals surface area contributed by atoms with Crippen molar-refractivity contribution < 1.29 is 19.1 Å². The monoisotopic (exact) mass is 346 g/mol. The largest absolute Gasteiger partial charge is 0.348 e. The first-order chi connectivity index (χ1) is 11.6. The summed E-state index contributed by atoms with van der Waals surface area (Å²) in [6, 6.07) is 8.78. The highest BCUT2D eigenvalue weighted by Gasteiger charge is 2.23. The third-order valence-corrected chi connectivity index (χ3v) is 4.55. The first-order valence-electron chi connectivity index (χ1n) is 7.71. The maximum Gasteiger partial charge on any atom is 0.263 e. The fraction of sp³-hybridized carbons (Fsp3) is 0.353. The highest BCUT2D eigenvalue weighted by Crippen LogP contribution is 2.27. The summed E-state index contributed by atoms with van der Waals surface area (Å²) >= 11 is 1.24. The first kappa shape index (κ1) is 16.8. The molecule has 1 fully saturated rings. The Hall–Kier alpha value is -2.09. The number of carbonyl (C=O) groups excluding carboxylic acids is 2. The number of rotatable bonds is 6. The van der Waals surface area contributed by atoms with E-state index in [1.165, 1.54) is 17.5 Å². The summed E-state index contributed by atoms with van der Waals surface area (Å²) in [7, 11) is 0. The number of Topliss-reactive ketones (excluding diaryl/α,β-unsaturated/α-hetero) is 1. The number of amides is 1. The van der Waals surface area contributed by atoms with Crippen molar-refractivity contribution in [2.45, 2.75) is 25.7 Å². The Morgan fingerprint density at radius 1 is 1.29 bits per heavy atom. The number of ether oxygens (including phenoxy) is 2. The zero-order valence-electron chi connectivity index (χ0n) is 13.2. The maximum atomic E-state index is 12.3. The van der Waals surface area contributed by atoms with Gasteiger partial charge in [0.1, 0.15) is 9.88 Å². The van der Waals surface area contributed by atoms with Crippen molar-refractivity contribution in [3.63, 3.8) is 0 Å². The lowest BCUT2D eigenvalue weighted by Gasteiger charge is -2.12. The molecule has 7 heteroatoms. The topological polar surface area (TPSA) is 77.5 Å². The molecule has 2 aromatic rings. The molecule has 1 aromatic heterocycles. The minimum absolute atomic E-state index is 0.00106. The summed E-state index contributed by atoms with van der Waals surface area (Å²) in [6.07, 6.45) is 1.27. The molecule has 1 aliphatic heterocycles. The van der Waals surface area contributed by atoms with Crippen molar-refractivity contribution >= 4 is 23.0 Å². The highest BCUT2D eigenvalue weighted by atomic mass is 32.1. The van der Waals surface area contributed by atoms with Gasteiger partial charge in [-0.15, -0.1) is 11.3 Å². The van der Waals surface area contributed by atoms with E-state index in [0.717, 1.165) is 0 Å². The van der Waals surface area contributed by atoms with Crippen LogP contribution >= 0.6 is 11.3 Å². The molecule has 1 atom stereocenters. The zero-order chi connectivity index (χ0) is 16.9. The fourth-order valence-electron chi connectivity index (χ4n) is 2.37. The van der Waals surface area contributed by atoms with Gasteiger partial charge in [-0.1, -0.05) is 30.3 Å². The number of benzene rings is 1. The Kier molecular flexibility index (Phi) is 5.34. The molecule has 3 rings (SSSR count). The van der Waals surface area contributed by atoms with Crippen molar-refractivity contribution in [2.75, 3.05) is 13.2 Å². The van der Waals surface area contributed by atoms with Crippen LogP contribution in [0.2, 0.25) is 0 Å². The van der Waals surface area contributed by atoms with Gasteiger partial charge < -0.3 is 14.8 Å². The molecule has 126 valence electrons. The van der Waals surface area contributed by atoms with Gasteiger partial charge in [-0.2, -0.15) is 0 Å². The minimum atomic E-state index is -0.478. The lowest BCUT2D eigenvalue weighted by atomic mass is 10.0. The molecular formula is C17H18N2O4S. The summed E-state index contributed by atoms with van der Waals surface area (Å²) in [5, 5.41) is 3.46. The Balaban J connectivity index is 1.55. The van der Waals surface area contributed by atoms with Gasteiger partial charge in [-0.05, 0) is 6.92 Å². The van der Waals surface area contributed by atoms with E-state index in [1.807, 2.05) is 25.1 Å². The second-order valence-corrected chi connectivity index (χ2v) is 6.57. The normalized spacial score (nSPS) is 16.0. The lowest BCUT2D eigenvalue weighted by Crippen LogP contribution is -2.33. The third-order valence-electron chi connectivity index (χ3n) is 3.54. The first-order valence-corrected chi connectivity index (χ1v) is 8.53. The number of hydrogen-bond donors (Lipinski definition) is 1. The van der Waals surface area contributed by atoms with Gasteiger partial charge in [-0.3, -0.25) is 9.59 Å². The molecule has 1 amide bonds. The molecule has 0 unspecified atom stereocenters. The SMILES string of the molecule is C[C@@H](CC(=O)c1ccccc1)NC(=O)c1cnc(C2OCCO2)s1. The molecule has 6 nitrogen and oxygen atoms in total. The Labute approximate surface area is 143 Å². The molecule has 0 spiro atoms. The van der Waals surface area contributed by atoms with E-state index in [1.54, 1.807) is 12.1 Å². The van der Waals surface area contributed by atoms with Crippen LogP contribution in [0.3, 0.4) is 0 Å². The van der Waals surface area contributed by atoms with E-state index in [-0.39, 0.29) is 24.2 Å². The number of carbonyl (C=O) groups is 2. The summed E-state index contributed by atoms with van der Waals surface area (Å²) in [5.74, 6) is -0.244. The average molecular weight is 346 g/mol. The van der Waals surface area contributed by atoms with Crippen molar-refractivity contribution in [1.29, 1.82) is 0 Å². The van der Waals surface area contributed by atoms with Crippen molar-refractivity contribution in [1.82, 2.24) is 10.3 Å². The predicted octanol–water partition coefficient (Wildman–Crippen LogP) is 2.58. The van der Waals surface area contributed by atoms with Gasteiger partial charge in [-0.25, -0.2) is 4.98 Å². The minimum Gasteiger partial charge on any atom is -0.348 e. The quantitative estimate of drug-likeness (QED) is 0.814. The number of nitrogens with zero attached hydrogens (tertiary/aromatic N) is 1. The van der Waals surface area contributed by atoms with Crippen molar-refractivity contribution in [2.24, 2.45) is 0 Å². The van der Waals surface area contributed by atoms with E-state index < -0.39 is 6.29 Å². The van der Waals surface area contributed by atoms with Crippen LogP contribution in [-0.4, -0.2) is 35.9 Å². The van der Waals surface area contributed by atoms with E-state index in [2.05, 4.69) is 10.3 Å². The van der Waals surface area contributed by atoms with Crippen LogP contribution in [0.25, 0.3) is 0 Å². The molecule has 0 aliphatic carbocycles. The smallest absolute Gasteiger partial charge is 0.263 e. The fourth-order valence-corrected chi connectivity index (χ4v) is 3.19. The summed E-state index contributed by atoms with van der Waals surface area (Å²) in [4.78, 5) is 29.1. The van der Waals surface area contributed by atoms with Crippen LogP contribution in [0, 0.1) is 0 Å². The molecule has 1 saturated heterocycles. The number of ketones is 1. The maximum absolute atomic E-state index is 12.3. The van der Waals surface area contributed by atoms with Gasteiger partial charge in [0.25, 0.3) is 5.91 Å². The predicted molar refractivity (Wildman–Crippen MR) is 89.1 cm³/mol. The van der Waals surface area contributed by atoms with Crippen LogP contribution in [0.5, 0.6) is 0 Å². The van der Waals surface area contributed by atoms with E-state index >= 15 is 0 Å². The van der Waals surface area contributed by atoms with Crippen LogP contribution in [-0.2, 0) is 9.47 Å². The zero-order valence-corrected chi connectivity index (χ0v) is 14.0. The van der Waals surface area contributed by atoms with Gasteiger partial charge in [0.15, 0.2) is 5.78 Å². The molecule has 1 aliphatic rings. The van der Waals surface area contributed by atoms with E-state index in [0.29, 0.717) is 28.7 Å². The van der Waals surface area contributed by atoms with E-state index in [4.69, 9.17) is 9.47 Å². The highest BCUT2D eigenvalue weighted by molar-refractivity contribution is 7.13. The molecule has 2 heterocycles.